The zero-order valence-corrected chi connectivity index (χ0v) is 17.7. The van der Waals surface area contributed by atoms with Gasteiger partial charge in [0.2, 0.25) is 11.8 Å². The molecule has 10 heteroatoms. The smallest absolute Gasteiger partial charge is 0.249 e. The minimum atomic E-state index is -3.35. The minimum Gasteiger partial charge on any atom is -0.338 e. The zero-order chi connectivity index (χ0) is 22.4. The Hall–Kier alpha value is -2.80. The van der Waals surface area contributed by atoms with Crippen LogP contribution in [0.5, 0.6) is 0 Å². The third kappa shape index (κ3) is 4.32. The number of carbonyl (C=O) groups is 1. The lowest BCUT2D eigenvalue weighted by molar-refractivity contribution is -0.134. The molecule has 7 nitrogen and oxygen atoms in total. The van der Waals surface area contributed by atoms with Crippen LogP contribution in [0, 0.1) is 17.2 Å². The van der Waals surface area contributed by atoms with E-state index in [2.05, 4.69) is 21.6 Å². The summed E-state index contributed by atoms with van der Waals surface area (Å²) in [6.07, 6.45) is 2.87. The molecule has 2 fully saturated rings. The SMILES string of the molecule is CS(=O)(=O)c1ccc(-c2c[nH]nc2[C@@H]2CCC(F)(F)C[C@H]2C(=O)NC2(C#N)CC2)cc1. The number of sulfone groups is 1. The van der Waals surface area contributed by atoms with E-state index in [-0.39, 0.29) is 17.7 Å². The van der Waals surface area contributed by atoms with E-state index in [1.165, 1.54) is 12.1 Å². The molecule has 0 saturated heterocycles. The van der Waals surface area contributed by atoms with Gasteiger partial charge in [-0.2, -0.15) is 10.4 Å². The summed E-state index contributed by atoms with van der Waals surface area (Å²) >= 11 is 0. The fourth-order valence-electron chi connectivity index (χ4n) is 4.15. The third-order valence-corrected chi connectivity index (χ3v) is 7.23. The minimum absolute atomic E-state index is 0.0733. The molecule has 0 bridgehead atoms. The van der Waals surface area contributed by atoms with E-state index in [0.717, 1.165) is 6.26 Å². The van der Waals surface area contributed by atoms with Crippen molar-refractivity contribution in [2.45, 2.75) is 54.4 Å². The Balaban J connectivity index is 1.65. The van der Waals surface area contributed by atoms with Crippen LogP contribution in [-0.2, 0) is 14.6 Å². The molecule has 1 aromatic carbocycles. The Bertz CT molecular complexity index is 1150. The number of hydrogen-bond donors (Lipinski definition) is 2. The Kier molecular flexibility index (Phi) is 5.12. The van der Waals surface area contributed by atoms with Crippen LogP contribution in [-0.4, -0.2) is 42.2 Å². The molecule has 0 radical (unpaired) electrons. The number of hydrogen-bond acceptors (Lipinski definition) is 5. The average Bonchev–Trinajstić information content (AvgIpc) is 3.31. The summed E-state index contributed by atoms with van der Waals surface area (Å²) < 4.78 is 51.8. The first-order chi connectivity index (χ1) is 14.5. The van der Waals surface area contributed by atoms with E-state index in [4.69, 9.17) is 0 Å². The van der Waals surface area contributed by atoms with Crippen molar-refractivity contribution in [1.82, 2.24) is 15.5 Å². The summed E-state index contributed by atoms with van der Waals surface area (Å²) in [6.45, 7) is 0. The molecule has 2 aromatic rings. The summed E-state index contributed by atoms with van der Waals surface area (Å²) in [5, 5.41) is 18.9. The highest BCUT2D eigenvalue weighted by Crippen LogP contribution is 2.47. The number of amides is 1. The normalized spacial score (nSPS) is 24.2. The second-order valence-corrected chi connectivity index (χ2v) is 10.5. The van der Waals surface area contributed by atoms with E-state index in [0.29, 0.717) is 29.7 Å². The van der Waals surface area contributed by atoms with E-state index < -0.39 is 45.5 Å². The van der Waals surface area contributed by atoms with Crippen LogP contribution in [0.1, 0.15) is 43.7 Å². The second kappa shape index (κ2) is 7.41. The Morgan fingerprint density at radius 3 is 2.52 bits per heavy atom. The molecular weight excluding hydrogens is 426 g/mol. The molecular formula is C21H22F2N4O3S. The Morgan fingerprint density at radius 2 is 1.94 bits per heavy atom. The number of aromatic nitrogens is 2. The molecule has 1 amide bonds. The number of H-pyrrole nitrogens is 1. The zero-order valence-electron chi connectivity index (χ0n) is 16.9. The predicted molar refractivity (Wildman–Crippen MR) is 108 cm³/mol. The lowest BCUT2D eigenvalue weighted by Gasteiger charge is -2.35. The molecule has 1 aromatic heterocycles. The number of nitriles is 1. The number of nitrogens with one attached hydrogen (secondary N) is 2. The van der Waals surface area contributed by atoms with Crippen molar-refractivity contribution in [3.8, 4) is 17.2 Å². The molecule has 2 atom stereocenters. The summed E-state index contributed by atoms with van der Waals surface area (Å²) in [5.41, 5.74) is 0.854. The lowest BCUT2D eigenvalue weighted by atomic mass is 9.74. The van der Waals surface area contributed by atoms with Crippen LogP contribution in [0.3, 0.4) is 0 Å². The number of alkyl halides is 2. The molecule has 2 aliphatic carbocycles. The van der Waals surface area contributed by atoms with Gasteiger partial charge in [-0.3, -0.25) is 9.89 Å². The van der Waals surface area contributed by atoms with Gasteiger partial charge in [0.1, 0.15) is 5.54 Å². The fourth-order valence-corrected chi connectivity index (χ4v) is 4.78. The van der Waals surface area contributed by atoms with E-state index in [1.807, 2.05) is 0 Å². The maximum Gasteiger partial charge on any atom is 0.249 e. The number of aromatic amines is 1. The van der Waals surface area contributed by atoms with Crippen molar-refractivity contribution in [2.24, 2.45) is 5.92 Å². The van der Waals surface area contributed by atoms with Crippen LogP contribution in [0.25, 0.3) is 11.1 Å². The standard InChI is InChI=1S/C21H22F2N4O3S/c1-31(29,30)14-4-2-13(3-5-14)17-11-25-27-18(17)15-6-7-21(22,23)10-16(15)19(28)26-20(12-24)8-9-20/h2-5,11,15-16H,6-10H2,1H3,(H,25,27)(H,26,28)/t15-,16-/m1/s1. The maximum absolute atomic E-state index is 14.2. The Morgan fingerprint density at radius 1 is 1.26 bits per heavy atom. The van der Waals surface area contributed by atoms with Gasteiger partial charge in [0.25, 0.3) is 0 Å². The van der Waals surface area contributed by atoms with Crippen molar-refractivity contribution in [2.75, 3.05) is 6.26 Å². The molecule has 2 N–H and O–H groups in total. The van der Waals surface area contributed by atoms with Gasteiger partial charge in [0.05, 0.1) is 22.6 Å². The van der Waals surface area contributed by atoms with E-state index >= 15 is 0 Å². The van der Waals surface area contributed by atoms with Gasteiger partial charge in [-0.1, -0.05) is 12.1 Å². The quantitative estimate of drug-likeness (QED) is 0.729. The molecule has 4 rings (SSSR count). The molecule has 164 valence electrons. The van der Waals surface area contributed by atoms with Crippen molar-refractivity contribution < 1.29 is 22.0 Å². The number of nitrogens with zero attached hydrogens (tertiary/aromatic N) is 2. The van der Waals surface area contributed by atoms with Crippen LogP contribution in [0.2, 0.25) is 0 Å². The fraction of sp³-hybridized carbons (Fsp3) is 0.476. The van der Waals surface area contributed by atoms with Gasteiger partial charge in [-0.25, -0.2) is 17.2 Å². The number of halogens is 2. The topological polar surface area (TPSA) is 116 Å². The molecule has 2 aliphatic rings. The highest BCUT2D eigenvalue weighted by atomic mass is 32.2. The monoisotopic (exact) mass is 448 g/mol. The van der Waals surface area contributed by atoms with Gasteiger partial charge in [0, 0.05) is 36.8 Å². The van der Waals surface area contributed by atoms with Gasteiger partial charge < -0.3 is 5.32 Å². The first-order valence-electron chi connectivity index (χ1n) is 9.99. The van der Waals surface area contributed by atoms with E-state index in [1.54, 1.807) is 18.3 Å². The number of carbonyl (C=O) groups excluding carboxylic acids is 1. The lowest BCUT2D eigenvalue weighted by Crippen LogP contribution is -2.45. The highest BCUT2D eigenvalue weighted by molar-refractivity contribution is 7.90. The van der Waals surface area contributed by atoms with Crippen molar-refractivity contribution >= 4 is 15.7 Å². The molecule has 0 spiro atoms. The summed E-state index contributed by atoms with van der Waals surface area (Å²) in [4.78, 5) is 13.1. The average molecular weight is 448 g/mol. The van der Waals surface area contributed by atoms with Crippen LogP contribution in [0.15, 0.2) is 35.4 Å². The summed E-state index contributed by atoms with van der Waals surface area (Å²) in [5.74, 6) is -5.09. The highest BCUT2D eigenvalue weighted by Gasteiger charge is 2.50. The summed E-state index contributed by atoms with van der Waals surface area (Å²) in [7, 11) is -3.35. The van der Waals surface area contributed by atoms with Crippen LogP contribution in [0.4, 0.5) is 8.78 Å². The van der Waals surface area contributed by atoms with Gasteiger partial charge >= 0.3 is 0 Å². The van der Waals surface area contributed by atoms with Crippen molar-refractivity contribution in [3.05, 3.63) is 36.2 Å². The van der Waals surface area contributed by atoms with Crippen molar-refractivity contribution in [1.29, 1.82) is 5.26 Å². The molecule has 0 unspecified atom stereocenters. The maximum atomic E-state index is 14.2. The third-order valence-electron chi connectivity index (χ3n) is 6.10. The Labute approximate surface area is 178 Å². The van der Waals surface area contributed by atoms with Crippen molar-refractivity contribution in [3.63, 3.8) is 0 Å². The van der Waals surface area contributed by atoms with Crippen LogP contribution >= 0.6 is 0 Å². The van der Waals surface area contributed by atoms with Gasteiger partial charge in [-0.15, -0.1) is 0 Å². The number of rotatable bonds is 5. The number of benzene rings is 1. The second-order valence-electron chi connectivity index (χ2n) is 8.48. The first kappa shape index (κ1) is 21.4. The molecule has 1 heterocycles. The van der Waals surface area contributed by atoms with Gasteiger partial charge in [0.15, 0.2) is 9.84 Å². The summed E-state index contributed by atoms with van der Waals surface area (Å²) in [6, 6.07) is 8.27. The molecule has 0 aliphatic heterocycles. The predicted octanol–water partition coefficient (Wildman–Crippen LogP) is 3.17. The molecule has 2 saturated carbocycles. The first-order valence-corrected chi connectivity index (χ1v) is 11.9. The van der Waals surface area contributed by atoms with E-state index in [9.17, 15) is 27.3 Å². The molecule has 31 heavy (non-hydrogen) atoms. The van der Waals surface area contributed by atoms with Crippen LogP contribution < -0.4 is 5.32 Å². The largest absolute Gasteiger partial charge is 0.338 e. The van der Waals surface area contributed by atoms with Gasteiger partial charge in [-0.05, 0) is 37.0 Å².